The molecule has 1 saturated heterocycles. The smallest absolute Gasteiger partial charge is 0.239 e. The fourth-order valence-electron chi connectivity index (χ4n) is 2.77. The Morgan fingerprint density at radius 1 is 1.15 bits per heavy atom. The third-order valence-electron chi connectivity index (χ3n) is 4.01. The van der Waals surface area contributed by atoms with Crippen molar-refractivity contribution >= 4 is 29.3 Å². The Morgan fingerprint density at radius 3 is 2.41 bits per heavy atom. The Kier molecular flexibility index (Phi) is 8.28. The van der Waals surface area contributed by atoms with Crippen molar-refractivity contribution in [3.8, 4) is 0 Å². The van der Waals surface area contributed by atoms with Crippen LogP contribution in [0.3, 0.4) is 0 Å². The summed E-state index contributed by atoms with van der Waals surface area (Å²) >= 11 is 2.02. The van der Waals surface area contributed by atoms with Crippen LogP contribution in [0, 0.1) is 0 Å². The topological polar surface area (TPSA) is 68.8 Å². The lowest BCUT2D eigenvalue weighted by Gasteiger charge is -2.28. The van der Waals surface area contributed by atoms with E-state index < -0.39 is 0 Å². The molecule has 1 aromatic rings. The van der Waals surface area contributed by atoms with Crippen molar-refractivity contribution in [3.63, 3.8) is 0 Å². The molecule has 1 aromatic carbocycles. The molecule has 0 atom stereocenters. The number of hydrogen-bond acceptors (Lipinski definition) is 4. The third kappa shape index (κ3) is 8.12. The van der Waals surface area contributed by atoms with Gasteiger partial charge in [-0.15, -0.1) is 0 Å². The van der Waals surface area contributed by atoms with Gasteiger partial charge in [0.15, 0.2) is 5.96 Å². The molecule has 1 amide bonds. The molecule has 6 nitrogen and oxygen atoms in total. The zero-order chi connectivity index (χ0) is 19.7. The van der Waals surface area contributed by atoms with Crippen LogP contribution in [0.4, 0.5) is 5.69 Å². The Morgan fingerprint density at radius 2 is 1.81 bits per heavy atom. The Bertz CT molecular complexity index is 618. The Labute approximate surface area is 167 Å². The number of hydrogen-bond donors (Lipinski definition) is 3. The minimum atomic E-state index is -0.233. The van der Waals surface area contributed by atoms with E-state index in [0.29, 0.717) is 12.5 Å². The molecule has 0 bridgehead atoms. The standard InChI is InChI=1S/C20H33N5OS/c1-5-21-19(23-15-18(26)24-20(2,3)4)22-14-16-6-8-17(9-7-16)25-10-12-27-13-11-25/h6-9H,5,10-15H2,1-4H3,(H,24,26)(H2,21,22,23). The average Bonchev–Trinajstić information content (AvgIpc) is 2.64. The number of rotatable bonds is 6. The van der Waals surface area contributed by atoms with E-state index in [1.54, 1.807) is 0 Å². The fourth-order valence-corrected chi connectivity index (χ4v) is 3.68. The molecule has 0 aliphatic carbocycles. The molecule has 3 N–H and O–H groups in total. The number of carbonyl (C=O) groups excluding carboxylic acids is 1. The van der Waals surface area contributed by atoms with Gasteiger partial charge in [-0.2, -0.15) is 11.8 Å². The predicted octanol–water partition coefficient (Wildman–Crippen LogP) is 2.21. The van der Waals surface area contributed by atoms with Crippen LogP contribution in [0.2, 0.25) is 0 Å². The molecule has 1 heterocycles. The second-order valence-electron chi connectivity index (χ2n) is 7.61. The van der Waals surface area contributed by atoms with Gasteiger partial charge in [-0.1, -0.05) is 12.1 Å². The highest BCUT2D eigenvalue weighted by Gasteiger charge is 2.14. The van der Waals surface area contributed by atoms with E-state index in [4.69, 9.17) is 0 Å². The maximum Gasteiger partial charge on any atom is 0.239 e. The highest BCUT2D eigenvalue weighted by molar-refractivity contribution is 7.99. The number of anilines is 1. The van der Waals surface area contributed by atoms with E-state index in [-0.39, 0.29) is 18.0 Å². The molecule has 0 radical (unpaired) electrons. The molecule has 0 saturated carbocycles. The molecule has 0 aromatic heterocycles. The van der Waals surface area contributed by atoms with Gasteiger partial charge < -0.3 is 20.9 Å². The normalized spacial score (nSPS) is 15.4. The number of guanidine groups is 1. The zero-order valence-corrected chi connectivity index (χ0v) is 17.8. The summed E-state index contributed by atoms with van der Waals surface area (Å²) in [5.41, 5.74) is 2.21. The first-order chi connectivity index (χ1) is 12.9. The van der Waals surface area contributed by atoms with Crippen LogP contribution in [-0.4, -0.2) is 55.1 Å². The quantitative estimate of drug-likeness (QED) is 0.512. The van der Waals surface area contributed by atoms with E-state index in [1.807, 2.05) is 39.5 Å². The summed E-state index contributed by atoms with van der Waals surface area (Å²) in [6.07, 6.45) is 0. The molecule has 0 spiro atoms. The van der Waals surface area contributed by atoms with E-state index in [0.717, 1.165) is 25.2 Å². The van der Waals surface area contributed by atoms with Gasteiger partial charge in [-0.05, 0) is 45.4 Å². The van der Waals surface area contributed by atoms with Crippen molar-refractivity contribution < 1.29 is 4.79 Å². The molecule has 1 fully saturated rings. The maximum absolute atomic E-state index is 12.0. The summed E-state index contributed by atoms with van der Waals surface area (Å²) in [5.74, 6) is 3.01. The van der Waals surface area contributed by atoms with E-state index in [9.17, 15) is 4.79 Å². The zero-order valence-electron chi connectivity index (χ0n) is 17.0. The van der Waals surface area contributed by atoms with Crippen LogP contribution in [0.15, 0.2) is 29.3 Å². The minimum absolute atomic E-state index is 0.0443. The van der Waals surface area contributed by atoms with Gasteiger partial charge in [-0.3, -0.25) is 4.79 Å². The lowest BCUT2D eigenvalue weighted by molar-refractivity contribution is -0.121. The Balaban J connectivity index is 1.88. The van der Waals surface area contributed by atoms with Gasteiger partial charge in [0.1, 0.15) is 0 Å². The van der Waals surface area contributed by atoms with Gasteiger partial charge in [0.05, 0.1) is 13.1 Å². The van der Waals surface area contributed by atoms with Crippen LogP contribution in [0.1, 0.15) is 33.3 Å². The summed E-state index contributed by atoms with van der Waals surface area (Å²) in [5, 5.41) is 9.21. The number of carbonyl (C=O) groups is 1. The number of amides is 1. The Hall–Kier alpha value is -1.89. The van der Waals surface area contributed by atoms with Crippen molar-refractivity contribution in [1.29, 1.82) is 0 Å². The van der Waals surface area contributed by atoms with Gasteiger partial charge in [0, 0.05) is 42.4 Å². The number of nitrogens with one attached hydrogen (secondary N) is 3. The number of aliphatic imine (C=N–C) groups is 1. The van der Waals surface area contributed by atoms with Gasteiger partial charge >= 0.3 is 0 Å². The first-order valence-electron chi connectivity index (χ1n) is 9.62. The minimum Gasteiger partial charge on any atom is -0.370 e. The second kappa shape index (κ2) is 10.4. The van der Waals surface area contributed by atoms with Gasteiger partial charge in [0.25, 0.3) is 0 Å². The molecule has 1 aliphatic rings. The van der Waals surface area contributed by atoms with Crippen LogP contribution in [0.5, 0.6) is 0 Å². The maximum atomic E-state index is 12.0. The first-order valence-corrected chi connectivity index (χ1v) is 10.8. The van der Waals surface area contributed by atoms with Crippen molar-refractivity contribution in [2.45, 2.75) is 39.8 Å². The lowest BCUT2D eigenvalue weighted by Crippen LogP contribution is -2.48. The molecule has 1 aliphatic heterocycles. The fraction of sp³-hybridized carbons (Fsp3) is 0.600. The molecular formula is C20H33N5OS. The van der Waals surface area contributed by atoms with Crippen molar-refractivity contribution in [3.05, 3.63) is 29.8 Å². The van der Waals surface area contributed by atoms with E-state index in [1.165, 1.54) is 17.2 Å². The number of benzene rings is 1. The summed E-state index contributed by atoms with van der Waals surface area (Å²) in [4.78, 5) is 19.0. The van der Waals surface area contributed by atoms with Crippen molar-refractivity contribution in [2.24, 2.45) is 4.99 Å². The number of thioether (sulfide) groups is 1. The van der Waals surface area contributed by atoms with Crippen LogP contribution < -0.4 is 20.9 Å². The van der Waals surface area contributed by atoms with E-state index in [2.05, 4.69) is 50.1 Å². The predicted molar refractivity (Wildman–Crippen MR) is 117 cm³/mol. The largest absolute Gasteiger partial charge is 0.370 e. The molecule has 0 unspecified atom stereocenters. The molecular weight excluding hydrogens is 358 g/mol. The first kappa shape index (κ1) is 21.4. The summed E-state index contributed by atoms with van der Waals surface area (Å²) in [6, 6.07) is 8.63. The van der Waals surface area contributed by atoms with Crippen molar-refractivity contribution in [2.75, 3.05) is 42.6 Å². The summed E-state index contributed by atoms with van der Waals surface area (Å²) in [7, 11) is 0. The van der Waals surface area contributed by atoms with Gasteiger partial charge in [0.2, 0.25) is 5.91 Å². The van der Waals surface area contributed by atoms with Crippen LogP contribution in [-0.2, 0) is 11.3 Å². The summed E-state index contributed by atoms with van der Waals surface area (Å²) in [6.45, 7) is 11.7. The molecule has 2 rings (SSSR count). The molecule has 150 valence electrons. The monoisotopic (exact) mass is 391 g/mol. The number of nitrogens with zero attached hydrogens (tertiary/aromatic N) is 2. The lowest BCUT2D eigenvalue weighted by atomic mass is 10.1. The SMILES string of the molecule is CCNC(=NCc1ccc(N2CCSCC2)cc1)NCC(=O)NC(C)(C)C. The third-order valence-corrected chi connectivity index (χ3v) is 4.95. The molecule has 27 heavy (non-hydrogen) atoms. The van der Waals surface area contributed by atoms with Crippen LogP contribution in [0.25, 0.3) is 0 Å². The van der Waals surface area contributed by atoms with Crippen molar-refractivity contribution in [1.82, 2.24) is 16.0 Å². The van der Waals surface area contributed by atoms with Gasteiger partial charge in [-0.25, -0.2) is 4.99 Å². The highest BCUT2D eigenvalue weighted by atomic mass is 32.2. The van der Waals surface area contributed by atoms with Crippen LogP contribution >= 0.6 is 11.8 Å². The van der Waals surface area contributed by atoms with E-state index >= 15 is 0 Å². The summed E-state index contributed by atoms with van der Waals surface area (Å²) < 4.78 is 0. The average molecular weight is 392 g/mol. The second-order valence-corrected chi connectivity index (χ2v) is 8.84. The highest BCUT2D eigenvalue weighted by Crippen LogP contribution is 2.20. The molecule has 7 heteroatoms.